The number of nitrogens with zero attached hydrogens (tertiary/aromatic N) is 1. The maximum absolute atomic E-state index is 12.3. The topological polar surface area (TPSA) is 115 Å². The van der Waals surface area contributed by atoms with Gasteiger partial charge in [-0.2, -0.15) is 5.10 Å². The predicted molar refractivity (Wildman–Crippen MR) is 133 cm³/mol. The molecule has 10 heteroatoms. The Morgan fingerprint density at radius 1 is 0.886 bits per heavy atom. The molecule has 3 aromatic rings. The van der Waals surface area contributed by atoms with Crippen LogP contribution in [0, 0.1) is 0 Å². The van der Waals surface area contributed by atoms with Gasteiger partial charge in [-0.25, -0.2) is 10.2 Å². The molecule has 3 rings (SSSR count). The van der Waals surface area contributed by atoms with Crippen molar-refractivity contribution in [3.8, 4) is 17.2 Å². The molecule has 0 fully saturated rings. The van der Waals surface area contributed by atoms with Gasteiger partial charge in [0, 0.05) is 10.0 Å². The molecule has 0 saturated heterocycles. The largest absolute Gasteiger partial charge is 0.493 e. The quantitative estimate of drug-likeness (QED) is 0.186. The van der Waals surface area contributed by atoms with E-state index in [0.29, 0.717) is 33.9 Å². The third kappa shape index (κ3) is 7.41. The fourth-order valence-corrected chi connectivity index (χ4v) is 3.10. The van der Waals surface area contributed by atoms with Crippen LogP contribution in [0.2, 0.25) is 0 Å². The van der Waals surface area contributed by atoms with Crippen LogP contribution in [0.3, 0.4) is 0 Å². The minimum absolute atomic E-state index is 0.268. The maximum atomic E-state index is 12.3. The zero-order valence-corrected chi connectivity index (χ0v) is 20.5. The average molecular weight is 540 g/mol. The SMILES string of the molecule is COc1ccc(C(=O)NCC(=O)N/N=C\c2ccc(OC(=O)c3ccc(Br)cc3)cc2)cc1OC. The Kier molecular flexibility index (Phi) is 8.96. The Labute approximate surface area is 210 Å². The zero-order valence-electron chi connectivity index (χ0n) is 18.9. The zero-order chi connectivity index (χ0) is 25.2. The minimum Gasteiger partial charge on any atom is -0.493 e. The number of nitrogens with one attached hydrogen (secondary N) is 2. The van der Waals surface area contributed by atoms with Crippen LogP contribution in [-0.2, 0) is 4.79 Å². The van der Waals surface area contributed by atoms with Gasteiger partial charge in [-0.3, -0.25) is 9.59 Å². The summed E-state index contributed by atoms with van der Waals surface area (Å²) in [6.45, 7) is -0.268. The average Bonchev–Trinajstić information content (AvgIpc) is 2.88. The van der Waals surface area contributed by atoms with Gasteiger partial charge >= 0.3 is 5.97 Å². The molecule has 0 heterocycles. The number of carbonyl (C=O) groups excluding carboxylic acids is 3. The van der Waals surface area contributed by atoms with E-state index in [4.69, 9.17) is 14.2 Å². The number of hydrogen-bond acceptors (Lipinski definition) is 7. The van der Waals surface area contributed by atoms with Gasteiger partial charge < -0.3 is 19.5 Å². The summed E-state index contributed by atoms with van der Waals surface area (Å²) in [5.74, 6) is -0.151. The van der Waals surface area contributed by atoms with E-state index in [1.165, 1.54) is 26.5 Å². The number of methoxy groups -OCH3 is 2. The summed E-state index contributed by atoms with van der Waals surface area (Å²) in [7, 11) is 2.96. The molecule has 9 nitrogen and oxygen atoms in total. The number of carbonyl (C=O) groups is 3. The van der Waals surface area contributed by atoms with Gasteiger partial charge in [0.1, 0.15) is 5.75 Å². The van der Waals surface area contributed by atoms with Gasteiger partial charge in [0.25, 0.3) is 11.8 Å². The number of esters is 1. The highest BCUT2D eigenvalue weighted by Gasteiger charge is 2.12. The maximum Gasteiger partial charge on any atom is 0.343 e. The number of amides is 2. The summed E-state index contributed by atoms with van der Waals surface area (Å²) < 4.78 is 16.5. The monoisotopic (exact) mass is 539 g/mol. The molecule has 0 aromatic heterocycles. The number of rotatable bonds is 9. The van der Waals surface area contributed by atoms with Gasteiger partial charge in [0.15, 0.2) is 11.5 Å². The highest BCUT2D eigenvalue weighted by Crippen LogP contribution is 2.27. The lowest BCUT2D eigenvalue weighted by Gasteiger charge is -2.09. The lowest BCUT2D eigenvalue weighted by molar-refractivity contribution is -0.120. The third-order valence-corrected chi connectivity index (χ3v) is 5.16. The molecule has 0 aliphatic rings. The van der Waals surface area contributed by atoms with Crippen LogP contribution in [0.5, 0.6) is 17.2 Å². The molecule has 0 radical (unpaired) electrons. The second-order valence-corrected chi connectivity index (χ2v) is 7.93. The van der Waals surface area contributed by atoms with E-state index in [1.54, 1.807) is 60.7 Å². The molecule has 0 atom stereocenters. The molecule has 0 unspecified atom stereocenters. The summed E-state index contributed by atoms with van der Waals surface area (Å²) in [4.78, 5) is 36.4. The molecular weight excluding hydrogens is 518 g/mol. The molecule has 0 bridgehead atoms. The Bertz CT molecular complexity index is 1230. The Morgan fingerprint density at radius 3 is 2.20 bits per heavy atom. The standard InChI is InChI=1S/C25H22BrN3O6/c1-33-21-12-7-18(13-22(21)34-2)24(31)27-15-23(30)29-28-14-16-3-10-20(11-4-16)35-25(32)17-5-8-19(26)9-6-17/h3-14H,15H2,1-2H3,(H,27,31)(H,29,30)/b28-14-. The van der Waals surface area contributed by atoms with Crippen LogP contribution in [0.25, 0.3) is 0 Å². The van der Waals surface area contributed by atoms with Gasteiger partial charge in [-0.1, -0.05) is 15.9 Å². The van der Waals surface area contributed by atoms with Crippen molar-refractivity contribution in [3.63, 3.8) is 0 Å². The van der Waals surface area contributed by atoms with Crippen LogP contribution in [0.1, 0.15) is 26.3 Å². The molecule has 2 amide bonds. The van der Waals surface area contributed by atoms with Gasteiger partial charge in [0.2, 0.25) is 0 Å². The smallest absolute Gasteiger partial charge is 0.343 e. The van der Waals surface area contributed by atoms with Crippen molar-refractivity contribution in [3.05, 3.63) is 87.9 Å². The molecular formula is C25H22BrN3O6. The van der Waals surface area contributed by atoms with Gasteiger partial charge in [-0.05, 0) is 72.3 Å². The minimum atomic E-state index is -0.505. The van der Waals surface area contributed by atoms with E-state index in [-0.39, 0.29) is 6.54 Å². The molecule has 3 aromatic carbocycles. The molecule has 0 aliphatic carbocycles. The molecule has 0 spiro atoms. The van der Waals surface area contributed by atoms with E-state index >= 15 is 0 Å². The second kappa shape index (κ2) is 12.3. The highest BCUT2D eigenvalue weighted by atomic mass is 79.9. The second-order valence-electron chi connectivity index (χ2n) is 7.01. The highest BCUT2D eigenvalue weighted by molar-refractivity contribution is 9.10. The van der Waals surface area contributed by atoms with Crippen molar-refractivity contribution < 1.29 is 28.6 Å². The normalized spacial score (nSPS) is 10.5. The predicted octanol–water partition coefficient (Wildman–Crippen LogP) is 3.57. The summed E-state index contributed by atoms with van der Waals surface area (Å²) in [5.41, 5.74) is 3.75. The van der Waals surface area contributed by atoms with Crippen molar-refractivity contribution in [2.45, 2.75) is 0 Å². The van der Waals surface area contributed by atoms with Crippen molar-refractivity contribution in [2.75, 3.05) is 20.8 Å². The summed E-state index contributed by atoms with van der Waals surface area (Å²) in [6, 6.07) is 18.1. The first kappa shape index (κ1) is 25.4. The van der Waals surface area contributed by atoms with Gasteiger partial charge in [0.05, 0.1) is 32.5 Å². The van der Waals surface area contributed by atoms with Crippen LogP contribution in [-0.4, -0.2) is 44.8 Å². The molecule has 2 N–H and O–H groups in total. The fraction of sp³-hybridized carbons (Fsp3) is 0.120. The number of hydrazone groups is 1. The van der Waals surface area contributed by atoms with Crippen LogP contribution in [0.4, 0.5) is 0 Å². The van der Waals surface area contributed by atoms with Crippen LogP contribution < -0.4 is 25.0 Å². The third-order valence-electron chi connectivity index (χ3n) is 4.63. The van der Waals surface area contributed by atoms with Crippen LogP contribution in [0.15, 0.2) is 76.3 Å². The Balaban J connectivity index is 1.46. The number of ether oxygens (including phenoxy) is 3. The number of hydrogen-bond donors (Lipinski definition) is 2. The number of halogens is 1. The van der Waals surface area contributed by atoms with E-state index < -0.39 is 17.8 Å². The van der Waals surface area contributed by atoms with Crippen molar-refractivity contribution in [1.82, 2.24) is 10.7 Å². The molecule has 0 saturated carbocycles. The summed E-state index contributed by atoms with van der Waals surface area (Å²) >= 11 is 3.32. The Morgan fingerprint density at radius 2 is 1.54 bits per heavy atom. The van der Waals surface area contributed by atoms with Crippen LogP contribution >= 0.6 is 15.9 Å². The lowest BCUT2D eigenvalue weighted by Crippen LogP contribution is -2.34. The van der Waals surface area contributed by atoms with Crippen molar-refractivity contribution >= 4 is 39.9 Å². The van der Waals surface area contributed by atoms with Gasteiger partial charge in [-0.15, -0.1) is 0 Å². The van der Waals surface area contributed by atoms with E-state index in [9.17, 15) is 14.4 Å². The molecule has 0 aliphatic heterocycles. The van der Waals surface area contributed by atoms with E-state index in [0.717, 1.165) is 4.47 Å². The first-order valence-corrected chi connectivity index (χ1v) is 11.1. The lowest BCUT2D eigenvalue weighted by atomic mass is 10.2. The fourth-order valence-electron chi connectivity index (χ4n) is 2.83. The van der Waals surface area contributed by atoms with E-state index in [2.05, 4.69) is 31.8 Å². The van der Waals surface area contributed by atoms with Crippen molar-refractivity contribution in [2.24, 2.45) is 5.10 Å². The first-order chi connectivity index (χ1) is 16.9. The molecule has 35 heavy (non-hydrogen) atoms. The Hall–Kier alpha value is -4.18. The van der Waals surface area contributed by atoms with Crippen molar-refractivity contribution in [1.29, 1.82) is 0 Å². The number of benzene rings is 3. The summed E-state index contributed by atoms with van der Waals surface area (Å²) in [5, 5.41) is 6.37. The van der Waals surface area contributed by atoms with E-state index in [1.807, 2.05) is 0 Å². The summed E-state index contributed by atoms with van der Waals surface area (Å²) in [6.07, 6.45) is 1.42. The molecule has 180 valence electrons. The first-order valence-electron chi connectivity index (χ1n) is 10.3.